The summed E-state index contributed by atoms with van der Waals surface area (Å²) in [5, 5.41) is 3.77. The van der Waals surface area contributed by atoms with Gasteiger partial charge in [-0.25, -0.2) is 8.42 Å². The minimum absolute atomic E-state index is 0.0243. The van der Waals surface area contributed by atoms with Gasteiger partial charge < -0.3 is 15.0 Å². The number of methoxy groups -OCH3 is 1. The Morgan fingerprint density at radius 3 is 2.06 bits per heavy atom. The Labute approximate surface area is 282 Å². The average molecular weight is 674 g/mol. The Bertz CT molecular complexity index is 1710. The number of benzene rings is 4. The molecule has 0 saturated heterocycles. The van der Waals surface area contributed by atoms with Crippen LogP contribution >= 0.6 is 11.6 Å². The zero-order chi connectivity index (χ0) is 33.2. The number of nitrogens with zero attached hydrogens (tertiary/aromatic N) is 2. The van der Waals surface area contributed by atoms with Crippen LogP contribution in [0.2, 0.25) is 5.02 Å². The van der Waals surface area contributed by atoms with Crippen LogP contribution in [0.4, 0.5) is 5.69 Å². The topological polar surface area (TPSA) is 96.0 Å². The largest absolute Gasteiger partial charge is 0.497 e. The van der Waals surface area contributed by atoms with E-state index in [1.54, 1.807) is 54.6 Å². The van der Waals surface area contributed by atoms with Crippen molar-refractivity contribution in [3.05, 3.63) is 125 Å². The SMILES string of the molecule is COc1ccc(N(CC(=O)N(Cc2ccc(Cl)cc2)C(Cc2ccccc2)C(=O)NC2CCCCC2)S(=O)(=O)c2ccccc2)cc1. The van der Waals surface area contributed by atoms with Crippen molar-refractivity contribution in [2.75, 3.05) is 18.0 Å². The lowest BCUT2D eigenvalue weighted by Crippen LogP contribution is -2.55. The average Bonchev–Trinajstić information content (AvgIpc) is 3.10. The molecule has 8 nitrogen and oxygen atoms in total. The molecule has 0 spiro atoms. The second kappa shape index (κ2) is 16.0. The van der Waals surface area contributed by atoms with Crippen molar-refractivity contribution in [1.82, 2.24) is 10.2 Å². The Balaban J connectivity index is 1.55. The quantitative estimate of drug-likeness (QED) is 0.172. The second-order valence-corrected chi connectivity index (χ2v) is 14.0. The van der Waals surface area contributed by atoms with Gasteiger partial charge >= 0.3 is 0 Å². The molecule has 1 atom stereocenters. The van der Waals surface area contributed by atoms with E-state index in [9.17, 15) is 18.0 Å². The maximum atomic E-state index is 14.6. The van der Waals surface area contributed by atoms with Crippen LogP contribution in [0.3, 0.4) is 0 Å². The van der Waals surface area contributed by atoms with Crippen LogP contribution in [0.25, 0.3) is 0 Å². The summed E-state index contributed by atoms with van der Waals surface area (Å²) in [6, 6.07) is 30.3. The molecule has 0 radical (unpaired) electrons. The zero-order valence-electron chi connectivity index (χ0n) is 26.4. The van der Waals surface area contributed by atoms with Crippen LogP contribution < -0.4 is 14.4 Å². The summed E-state index contributed by atoms with van der Waals surface area (Å²) in [5.41, 5.74) is 1.93. The fraction of sp³-hybridized carbons (Fsp3) is 0.297. The van der Waals surface area contributed by atoms with Gasteiger partial charge in [0.1, 0.15) is 18.3 Å². The van der Waals surface area contributed by atoms with Gasteiger partial charge in [0, 0.05) is 24.0 Å². The van der Waals surface area contributed by atoms with E-state index in [0.29, 0.717) is 16.5 Å². The van der Waals surface area contributed by atoms with Gasteiger partial charge in [-0.3, -0.25) is 13.9 Å². The van der Waals surface area contributed by atoms with Gasteiger partial charge in [0.15, 0.2) is 0 Å². The molecule has 4 aromatic rings. The Hall–Kier alpha value is -4.34. The Kier molecular flexibility index (Phi) is 11.6. The minimum atomic E-state index is -4.18. The van der Waals surface area contributed by atoms with Gasteiger partial charge in [-0.1, -0.05) is 91.5 Å². The number of sulfonamides is 1. The van der Waals surface area contributed by atoms with E-state index in [0.717, 1.165) is 47.5 Å². The highest BCUT2D eigenvalue weighted by Gasteiger charge is 2.35. The molecule has 1 saturated carbocycles. The first-order valence-corrected chi connectivity index (χ1v) is 17.7. The minimum Gasteiger partial charge on any atom is -0.497 e. The summed E-state index contributed by atoms with van der Waals surface area (Å²) < 4.78 is 34.6. The summed E-state index contributed by atoms with van der Waals surface area (Å²) in [6.07, 6.45) is 5.24. The maximum absolute atomic E-state index is 14.6. The lowest BCUT2D eigenvalue weighted by molar-refractivity contribution is -0.140. The van der Waals surface area contributed by atoms with Crippen LogP contribution in [0.1, 0.15) is 43.2 Å². The third kappa shape index (κ3) is 8.93. The molecule has 2 amide bonds. The Morgan fingerprint density at radius 1 is 0.830 bits per heavy atom. The highest BCUT2D eigenvalue weighted by molar-refractivity contribution is 7.92. The van der Waals surface area contributed by atoms with Crippen molar-refractivity contribution in [2.45, 2.75) is 62.0 Å². The third-order valence-corrected chi connectivity index (χ3v) is 10.5. The zero-order valence-corrected chi connectivity index (χ0v) is 28.0. The molecule has 1 aliphatic rings. The first-order chi connectivity index (χ1) is 22.7. The van der Waals surface area contributed by atoms with Gasteiger partial charge in [0.25, 0.3) is 10.0 Å². The lowest BCUT2D eigenvalue weighted by atomic mass is 9.94. The predicted molar refractivity (Wildman–Crippen MR) is 185 cm³/mol. The van der Waals surface area contributed by atoms with Crippen molar-refractivity contribution in [3.8, 4) is 5.75 Å². The molecular formula is C37H40ClN3O5S. The van der Waals surface area contributed by atoms with Crippen molar-refractivity contribution < 1.29 is 22.7 Å². The van der Waals surface area contributed by atoms with Crippen molar-refractivity contribution in [3.63, 3.8) is 0 Å². The number of anilines is 1. The standard InChI is InChI=1S/C37H40ClN3O5S/c1-46-33-23-21-32(22-24-33)41(47(44,45)34-15-9-4-10-16-34)27-36(42)40(26-29-17-19-30(38)20-18-29)35(25-28-11-5-2-6-12-28)37(43)39-31-13-7-3-8-14-31/h2,4-6,9-12,15-24,31,35H,3,7-8,13-14,25-27H2,1H3,(H,39,43). The van der Waals surface area contributed by atoms with Crippen LogP contribution in [0, 0.1) is 0 Å². The normalized spacial score (nSPS) is 14.2. The van der Waals surface area contributed by atoms with Gasteiger partial charge in [0.2, 0.25) is 11.8 Å². The second-order valence-electron chi connectivity index (χ2n) is 11.7. The number of nitrogens with one attached hydrogen (secondary N) is 1. The molecule has 5 rings (SSSR count). The molecule has 0 aromatic heterocycles. The summed E-state index contributed by atoms with van der Waals surface area (Å²) >= 11 is 6.18. The summed E-state index contributed by atoms with van der Waals surface area (Å²) in [4.78, 5) is 30.3. The van der Waals surface area contributed by atoms with E-state index >= 15 is 0 Å². The molecule has 0 bridgehead atoms. The number of amides is 2. The Morgan fingerprint density at radius 2 is 1.45 bits per heavy atom. The number of hydrogen-bond donors (Lipinski definition) is 1. The van der Waals surface area contributed by atoms with Crippen LogP contribution in [0.15, 0.2) is 114 Å². The maximum Gasteiger partial charge on any atom is 0.264 e. The van der Waals surface area contributed by atoms with E-state index in [1.165, 1.54) is 24.1 Å². The molecule has 246 valence electrons. The van der Waals surface area contributed by atoms with Crippen LogP contribution in [-0.2, 0) is 32.6 Å². The van der Waals surface area contributed by atoms with Gasteiger partial charge in [-0.05, 0) is 72.5 Å². The molecule has 1 N–H and O–H groups in total. The first kappa shape index (κ1) is 34.0. The third-order valence-electron chi connectivity index (χ3n) is 8.46. The highest BCUT2D eigenvalue weighted by atomic mass is 35.5. The first-order valence-electron chi connectivity index (χ1n) is 15.8. The molecule has 47 heavy (non-hydrogen) atoms. The van der Waals surface area contributed by atoms with E-state index in [2.05, 4.69) is 5.32 Å². The van der Waals surface area contributed by atoms with E-state index in [1.807, 2.05) is 42.5 Å². The summed E-state index contributed by atoms with van der Waals surface area (Å²) in [5.74, 6) is -0.233. The van der Waals surface area contributed by atoms with Crippen LogP contribution in [-0.4, -0.2) is 50.9 Å². The predicted octanol–water partition coefficient (Wildman–Crippen LogP) is 6.63. The van der Waals surface area contributed by atoms with Gasteiger partial charge in [-0.15, -0.1) is 0 Å². The monoisotopic (exact) mass is 673 g/mol. The molecule has 1 aliphatic carbocycles. The molecule has 10 heteroatoms. The number of carbonyl (C=O) groups is 2. The van der Waals surface area contributed by atoms with Crippen molar-refractivity contribution in [2.24, 2.45) is 0 Å². The smallest absolute Gasteiger partial charge is 0.264 e. The number of carbonyl (C=O) groups excluding carboxylic acids is 2. The molecule has 0 aliphatic heterocycles. The van der Waals surface area contributed by atoms with E-state index in [-0.39, 0.29) is 29.8 Å². The molecule has 1 fully saturated rings. The van der Waals surface area contributed by atoms with Gasteiger partial charge in [0.05, 0.1) is 17.7 Å². The fourth-order valence-corrected chi connectivity index (χ4v) is 7.44. The summed E-state index contributed by atoms with van der Waals surface area (Å²) in [6.45, 7) is -0.452. The highest BCUT2D eigenvalue weighted by Crippen LogP contribution is 2.27. The van der Waals surface area contributed by atoms with Crippen molar-refractivity contribution in [1.29, 1.82) is 0 Å². The van der Waals surface area contributed by atoms with E-state index < -0.39 is 28.5 Å². The molecule has 4 aromatic carbocycles. The number of halogens is 1. The fourth-order valence-electron chi connectivity index (χ4n) is 5.88. The van der Waals surface area contributed by atoms with Gasteiger partial charge in [-0.2, -0.15) is 0 Å². The van der Waals surface area contributed by atoms with Crippen LogP contribution in [0.5, 0.6) is 5.75 Å². The van der Waals surface area contributed by atoms with Crippen molar-refractivity contribution >= 4 is 39.1 Å². The lowest BCUT2D eigenvalue weighted by Gasteiger charge is -2.35. The number of ether oxygens (including phenoxy) is 1. The molecule has 1 unspecified atom stereocenters. The molecular weight excluding hydrogens is 634 g/mol. The summed E-state index contributed by atoms with van der Waals surface area (Å²) in [7, 11) is -2.66. The number of hydrogen-bond acceptors (Lipinski definition) is 5. The van der Waals surface area contributed by atoms with E-state index in [4.69, 9.17) is 16.3 Å². The molecule has 0 heterocycles. The number of rotatable bonds is 13.